The second-order valence-electron chi connectivity index (χ2n) is 11.1. The number of non-ortho nitro benzene ring substituents is 1. The van der Waals surface area contributed by atoms with Crippen LogP contribution in [-0.4, -0.2) is 92.2 Å². The largest absolute Gasteiger partial charge is 0.508 e. The molecule has 238 valence electrons. The minimum absolute atomic E-state index is 0.0452. The van der Waals surface area contributed by atoms with Crippen LogP contribution in [0.5, 0.6) is 5.75 Å². The van der Waals surface area contributed by atoms with Gasteiger partial charge < -0.3 is 29.7 Å². The average molecular weight is 624 g/mol. The normalized spacial score (nSPS) is 17.5. The van der Waals surface area contributed by atoms with Crippen molar-refractivity contribution in [3.8, 4) is 5.75 Å². The summed E-state index contributed by atoms with van der Waals surface area (Å²) >= 11 is 0. The fraction of sp³-hybridized carbons (Fsp3) is 0.552. The molecule has 0 aliphatic carbocycles. The summed E-state index contributed by atoms with van der Waals surface area (Å²) < 4.78 is 44.6. The highest BCUT2D eigenvalue weighted by molar-refractivity contribution is 7.89. The van der Waals surface area contributed by atoms with E-state index in [4.69, 9.17) is 14.2 Å². The van der Waals surface area contributed by atoms with Gasteiger partial charge in [0.05, 0.1) is 28.6 Å². The van der Waals surface area contributed by atoms with Crippen molar-refractivity contribution in [1.82, 2.24) is 9.62 Å². The number of hydrogen-bond acceptors (Lipinski definition) is 10. The van der Waals surface area contributed by atoms with Gasteiger partial charge in [0, 0.05) is 45.5 Å². The molecule has 1 amide bonds. The van der Waals surface area contributed by atoms with E-state index < -0.39 is 39.3 Å². The first-order valence-corrected chi connectivity index (χ1v) is 15.6. The van der Waals surface area contributed by atoms with Crippen LogP contribution < -0.4 is 5.32 Å². The number of rotatable bonds is 16. The van der Waals surface area contributed by atoms with Gasteiger partial charge in [-0.15, -0.1) is 0 Å². The zero-order valence-electron chi connectivity index (χ0n) is 24.6. The number of benzene rings is 2. The number of ether oxygens (including phenoxy) is 3. The highest BCUT2D eigenvalue weighted by Gasteiger charge is 2.32. The molecule has 1 heterocycles. The molecule has 0 spiro atoms. The predicted molar refractivity (Wildman–Crippen MR) is 157 cm³/mol. The maximum absolute atomic E-state index is 13.6. The van der Waals surface area contributed by atoms with E-state index in [0.29, 0.717) is 25.2 Å². The molecule has 1 fully saturated rings. The highest BCUT2D eigenvalue weighted by atomic mass is 32.2. The minimum atomic E-state index is -4.17. The summed E-state index contributed by atoms with van der Waals surface area (Å²) in [6, 6.07) is 9.76. The monoisotopic (exact) mass is 623 g/mol. The average Bonchev–Trinajstić information content (AvgIpc) is 3.46. The molecule has 2 aromatic carbocycles. The molecule has 13 nitrogen and oxygen atoms in total. The van der Waals surface area contributed by atoms with Crippen LogP contribution in [0.15, 0.2) is 53.4 Å². The Morgan fingerprint density at radius 1 is 1.16 bits per heavy atom. The lowest BCUT2D eigenvalue weighted by Gasteiger charge is -2.31. The first kappa shape index (κ1) is 34.2. The summed E-state index contributed by atoms with van der Waals surface area (Å²) in [4.78, 5) is 23.3. The van der Waals surface area contributed by atoms with Crippen molar-refractivity contribution < 1.29 is 42.6 Å². The minimum Gasteiger partial charge on any atom is -0.508 e. The third-order valence-electron chi connectivity index (χ3n) is 7.05. The Morgan fingerprint density at radius 3 is 2.40 bits per heavy atom. The first-order chi connectivity index (χ1) is 20.4. The van der Waals surface area contributed by atoms with Crippen molar-refractivity contribution in [3.63, 3.8) is 0 Å². The molecule has 0 saturated carbocycles. The molecule has 1 aliphatic heterocycles. The topological polar surface area (TPSA) is 178 Å². The van der Waals surface area contributed by atoms with E-state index in [2.05, 4.69) is 5.32 Å². The first-order valence-electron chi connectivity index (χ1n) is 14.1. The zero-order chi connectivity index (χ0) is 31.6. The van der Waals surface area contributed by atoms with E-state index in [9.17, 15) is 33.5 Å². The Balaban J connectivity index is 1.82. The number of nitro benzene ring substituents is 1. The van der Waals surface area contributed by atoms with Gasteiger partial charge in [-0.2, -0.15) is 4.31 Å². The highest BCUT2D eigenvalue weighted by Crippen LogP contribution is 2.23. The number of nitrogens with one attached hydrogen (secondary N) is 1. The van der Waals surface area contributed by atoms with E-state index in [0.717, 1.165) is 35.0 Å². The fourth-order valence-electron chi connectivity index (χ4n) is 4.89. The lowest BCUT2D eigenvalue weighted by atomic mass is 10.0. The van der Waals surface area contributed by atoms with Crippen molar-refractivity contribution in [3.05, 3.63) is 64.2 Å². The molecule has 3 rings (SSSR count). The lowest BCUT2D eigenvalue weighted by molar-refractivity contribution is -0.384. The summed E-state index contributed by atoms with van der Waals surface area (Å²) in [7, 11) is -2.66. The molecule has 3 unspecified atom stereocenters. The maximum Gasteiger partial charge on any atom is 0.407 e. The van der Waals surface area contributed by atoms with Crippen LogP contribution in [0.25, 0.3) is 0 Å². The molecule has 3 N–H and O–H groups in total. The fourth-order valence-corrected chi connectivity index (χ4v) is 6.51. The molecule has 14 heteroatoms. The number of nitro groups is 1. The van der Waals surface area contributed by atoms with Gasteiger partial charge in [0.25, 0.3) is 5.69 Å². The molecule has 1 saturated heterocycles. The van der Waals surface area contributed by atoms with Gasteiger partial charge in [0.15, 0.2) is 0 Å². The smallest absolute Gasteiger partial charge is 0.407 e. The molecule has 0 radical (unpaired) electrons. The number of nitrogens with zero attached hydrogens (tertiary/aromatic N) is 2. The van der Waals surface area contributed by atoms with E-state index in [1.165, 1.54) is 19.2 Å². The van der Waals surface area contributed by atoms with Crippen LogP contribution in [0.4, 0.5) is 10.5 Å². The zero-order valence-corrected chi connectivity index (χ0v) is 25.4. The van der Waals surface area contributed by atoms with Gasteiger partial charge in [-0.05, 0) is 60.9 Å². The van der Waals surface area contributed by atoms with E-state index >= 15 is 0 Å². The summed E-state index contributed by atoms with van der Waals surface area (Å²) in [6.45, 7) is 4.70. The Bertz CT molecular complexity index is 1280. The number of sulfonamides is 1. The molecule has 0 aromatic heterocycles. The molecular formula is C29H41N3O10S. The molecule has 1 aliphatic rings. The maximum atomic E-state index is 13.6. The summed E-state index contributed by atoms with van der Waals surface area (Å²) in [5.74, 6) is 0.146. The van der Waals surface area contributed by atoms with Gasteiger partial charge in [-0.25, -0.2) is 13.2 Å². The second-order valence-corrected chi connectivity index (χ2v) is 13.0. The van der Waals surface area contributed by atoms with Gasteiger partial charge in [-0.1, -0.05) is 26.0 Å². The van der Waals surface area contributed by atoms with Crippen LogP contribution in [0.3, 0.4) is 0 Å². The van der Waals surface area contributed by atoms with Crippen molar-refractivity contribution in [2.45, 2.75) is 56.3 Å². The number of carbonyl (C=O) groups is 1. The molecular weight excluding hydrogens is 582 g/mol. The third kappa shape index (κ3) is 10.4. The number of aliphatic hydroxyl groups is 1. The van der Waals surface area contributed by atoms with Crippen LogP contribution in [0, 0.1) is 22.0 Å². The van der Waals surface area contributed by atoms with Crippen molar-refractivity contribution in [2.24, 2.45) is 11.8 Å². The van der Waals surface area contributed by atoms with E-state index in [1.807, 2.05) is 13.8 Å². The number of phenolic OH excluding ortho intramolecular Hbond substituents is 1. The Hall–Kier alpha value is -3.30. The van der Waals surface area contributed by atoms with Gasteiger partial charge >= 0.3 is 6.09 Å². The number of aromatic hydroxyl groups is 1. The second kappa shape index (κ2) is 16.0. The van der Waals surface area contributed by atoms with Gasteiger partial charge in [0.1, 0.15) is 11.9 Å². The standard InChI is InChI=1S/C29H41N3O10S/c1-20(2)16-31(43(38,39)26-10-6-23(7-11-26)32(36)37)17-28(34)27(15-21-4-8-24(33)9-5-21)30-29(35)42-25(19-40-3)14-22-12-13-41-18-22/h4-11,20,22,25,27-28,33-34H,12-19H2,1-3H3,(H,30,35)/t22?,25-,27?,28?/m0/s1. The van der Waals surface area contributed by atoms with Crippen LogP contribution >= 0.6 is 0 Å². The predicted octanol–water partition coefficient (Wildman–Crippen LogP) is 3.09. The number of phenols is 1. The molecule has 2 aromatic rings. The quantitative estimate of drug-likeness (QED) is 0.186. The number of hydrogen-bond donors (Lipinski definition) is 3. The van der Waals surface area contributed by atoms with Crippen LogP contribution in [-0.2, 0) is 30.7 Å². The van der Waals surface area contributed by atoms with E-state index in [-0.39, 0.29) is 54.3 Å². The number of methoxy groups -OCH3 is 1. The van der Waals surface area contributed by atoms with Crippen molar-refractivity contribution in [2.75, 3.05) is 40.0 Å². The summed E-state index contributed by atoms with van der Waals surface area (Å²) in [6.07, 6.45) is -1.23. The Kier molecular flexibility index (Phi) is 12.7. The van der Waals surface area contributed by atoms with Crippen molar-refractivity contribution in [1.29, 1.82) is 0 Å². The van der Waals surface area contributed by atoms with Crippen LogP contribution in [0.1, 0.15) is 32.3 Å². The Labute approximate surface area is 252 Å². The Morgan fingerprint density at radius 2 is 1.84 bits per heavy atom. The van der Waals surface area contributed by atoms with E-state index in [1.54, 1.807) is 12.1 Å². The number of alkyl carbamates (subject to hydrolysis) is 1. The van der Waals surface area contributed by atoms with Gasteiger partial charge in [0.2, 0.25) is 10.0 Å². The molecule has 4 atom stereocenters. The van der Waals surface area contributed by atoms with Crippen LogP contribution in [0.2, 0.25) is 0 Å². The number of carbonyl (C=O) groups excluding carboxylic acids is 1. The number of amides is 1. The lowest BCUT2D eigenvalue weighted by Crippen LogP contribution is -2.51. The molecule has 0 bridgehead atoms. The van der Waals surface area contributed by atoms with Crippen molar-refractivity contribution >= 4 is 21.8 Å². The number of aliphatic hydroxyl groups excluding tert-OH is 1. The molecule has 43 heavy (non-hydrogen) atoms. The summed E-state index contributed by atoms with van der Waals surface area (Å²) in [5.41, 5.74) is 0.422. The SMILES string of the molecule is COC[C@H](CC1CCOC1)OC(=O)NC(Cc1ccc(O)cc1)C(O)CN(CC(C)C)S(=O)(=O)c1ccc([N+](=O)[O-])cc1. The summed E-state index contributed by atoms with van der Waals surface area (Å²) in [5, 5.41) is 34.8. The third-order valence-corrected chi connectivity index (χ3v) is 8.90. The van der Waals surface area contributed by atoms with Gasteiger partial charge in [-0.3, -0.25) is 10.1 Å².